The average molecular weight is 548 g/mol. The van der Waals surface area contributed by atoms with E-state index in [9.17, 15) is 18.0 Å². The number of halogens is 2. The van der Waals surface area contributed by atoms with Gasteiger partial charge in [-0.2, -0.15) is 0 Å². The fourth-order valence-corrected chi connectivity index (χ4v) is 4.72. The number of para-hydroxylation sites is 1. The number of hydrogen-bond donors (Lipinski definition) is 2. The van der Waals surface area contributed by atoms with Gasteiger partial charge in [-0.05, 0) is 55.3 Å². The molecule has 190 valence electrons. The number of hydrogen-bond acceptors (Lipinski definition) is 4. The zero-order chi connectivity index (χ0) is 26.5. The van der Waals surface area contributed by atoms with E-state index in [1.54, 1.807) is 66.7 Å². The van der Waals surface area contributed by atoms with Gasteiger partial charge in [0.2, 0.25) is 10.0 Å². The van der Waals surface area contributed by atoms with Crippen molar-refractivity contribution in [2.45, 2.75) is 32.9 Å². The number of nitrogens with zero attached hydrogens (tertiary/aromatic N) is 1. The SMILES string of the molecule is CC[C@H](C)NC(=O)c1ccccc1NC(=O)c1ccc(CN(c2cccc(Cl)c2Cl)S(C)(=O)=O)cc1. The predicted octanol–water partition coefficient (Wildman–Crippen LogP) is 5.74. The Hall–Kier alpha value is -3.07. The molecule has 0 aliphatic heterocycles. The van der Waals surface area contributed by atoms with Crippen LogP contribution in [0.5, 0.6) is 0 Å². The molecule has 10 heteroatoms. The summed E-state index contributed by atoms with van der Waals surface area (Å²) in [5, 5.41) is 6.06. The topological polar surface area (TPSA) is 95.6 Å². The minimum atomic E-state index is -3.67. The summed E-state index contributed by atoms with van der Waals surface area (Å²) in [6, 6.07) is 18.1. The van der Waals surface area contributed by atoms with Crippen molar-refractivity contribution in [2.24, 2.45) is 0 Å². The Kier molecular flexibility index (Phi) is 9.00. The van der Waals surface area contributed by atoms with Crippen LogP contribution in [0.4, 0.5) is 11.4 Å². The molecule has 0 radical (unpaired) electrons. The van der Waals surface area contributed by atoms with E-state index in [0.717, 1.165) is 17.0 Å². The van der Waals surface area contributed by atoms with E-state index < -0.39 is 15.9 Å². The summed E-state index contributed by atoms with van der Waals surface area (Å²) < 4.78 is 26.1. The lowest BCUT2D eigenvalue weighted by Crippen LogP contribution is -2.32. The number of carbonyl (C=O) groups is 2. The van der Waals surface area contributed by atoms with Gasteiger partial charge in [-0.3, -0.25) is 13.9 Å². The predicted molar refractivity (Wildman–Crippen MR) is 146 cm³/mol. The van der Waals surface area contributed by atoms with Gasteiger partial charge in [0.25, 0.3) is 11.8 Å². The molecule has 2 N–H and O–H groups in total. The maximum absolute atomic E-state index is 12.9. The first-order valence-corrected chi connectivity index (χ1v) is 13.8. The van der Waals surface area contributed by atoms with E-state index in [4.69, 9.17) is 23.2 Å². The van der Waals surface area contributed by atoms with Crippen molar-refractivity contribution in [1.29, 1.82) is 0 Å². The van der Waals surface area contributed by atoms with Gasteiger partial charge in [0.05, 0.1) is 39.8 Å². The Morgan fingerprint density at radius 3 is 2.25 bits per heavy atom. The van der Waals surface area contributed by atoms with E-state index in [1.165, 1.54) is 0 Å². The van der Waals surface area contributed by atoms with Crippen molar-refractivity contribution in [3.8, 4) is 0 Å². The molecule has 3 aromatic rings. The molecule has 0 unspecified atom stereocenters. The third kappa shape index (κ3) is 6.78. The third-order valence-electron chi connectivity index (χ3n) is 5.55. The second kappa shape index (κ2) is 11.8. The van der Waals surface area contributed by atoms with Crippen molar-refractivity contribution >= 4 is 56.4 Å². The van der Waals surface area contributed by atoms with Crippen molar-refractivity contribution in [3.63, 3.8) is 0 Å². The molecule has 3 rings (SSSR count). The van der Waals surface area contributed by atoms with Gasteiger partial charge in [-0.15, -0.1) is 0 Å². The highest BCUT2D eigenvalue weighted by molar-refractivity contribution is 7.92. The normalized spacial score (nSPS) is 12.0. The summed E-state index contributed by atoms with van der Waals surface area (Å²) >= 11 is 12.3. The minimum Gasteiger partial charge on any atom is -0.350 e. The lowest BCUT2D eigenvalue weighted by Gasteiger charge is -2.24. The molecule has 3 aromatic carbocycles. The Morgan fingerprint density at radius 2 is 1.61 bits per heavy atom. The van der Waals surface area contributed by atoms with Gasteiger partial charge in [-0.25, -0.2) is 8.42 Å². The van der Waals surface area contributed by atoms with E-state index in [0.29, 0.717) is 22.4 Å². The van der Waals surface area contributed by atoms with Gasteiger partial charge >= 0.3 is 0 Å². The molecule has 7 nitrogen and oxygen atoms in total. The highest BCUT2D eigenvalue weighted by Crippen LogP contribution is 2.34. The first-order valence-electron chi connectivity index (χ1n) is 11.2. The van der Waals surface area contributed by atoms with Crippen LogP contribution in [-0.4, -0.2) is 32.5 Å². The quantitative estimate of drug-likeness (QED) is 0.357. The third-order valence-corrected chi connectivity index (χ3v) is 7.49. The number of nitrogens with one attached hydrogen (secondary N) is 2. The van der Waals surface area contributed by atoms with Crippen LogP contribution in [0.2, 0.25) is 10.0 Å². The van der Waals surface area contributed by atoms with Crippen LogP contribution in [0, 0.1) is 0 Å². The Bertz CT molecular complexity index is 1360. The van der Waals surface area contributed by atoms with Crippen LogP contribution in [0.3, 0.4) is 0 Å². The molecule has 0 heterocycles. The molecule has 0 saturated heterocycles. The highest BCUT2D eigenvalue weighted by atomic mass is 35.5. The maximum atomic E-state index is 12.9. The number of benzene rings is 3. The summed E-state index contributed by atoms with van der Waals surface area (Å²) in [6.45, 7) is 3.88. The van der Waals surface area contributed by atoms with Crippen LogP contribution >= 0.6 is 23.2 Å². The molecule has 0 aromatic heterocycles. The van der Waals surface area contributed by atoms with Crippen LogP contribution in [0.15, 0.2) is 66.7 Å². The zero-order valence-corrected chi connectivity index (χ0v) is 22.4. The first kappa shape index (κ1) is 27.5. The first-order chi connectivity index (χ1) is 17.0. The average Bonchev–Trinajstić information content (AvgIpc) is 2.84. The van der Waals surface area contributed by atoms with E-state index in [1.807, 2.05) is 13.8 Å². The van der Waals surface area contributed by atoms with Gasteiger partial charge in [-0.1, -0.05) is 60.5 Å². The number of anilines is 2. The summed E-state index contributed by atoms with van der Waals surface area (Å²) in [5.74, 6) is -0.667. The number of rotatable bonds is 9. The standard InChI is InChI=1S/C26H27Cl2N3O4S/c1-4-17(2)29-26(33)20-8-5-6-10-22(20)30-25(32)19-14-12-18(13-15-19)16-31(36(3,34)35)23-11-7-9-21(27)24(23)28/h5-15,17H,4,16H2,1-3H3,(H,29,33)(H,30,32)/t17-/m0/s1. The summed E-state index contributed by atoms with van der Waals surface area (Å²) in [4.78, 5) is 25.5. The van der Waals surface area contributed by atoms with Crippen LogP contribution < -0.4 is 14.9 Å². The fourth-order valence-electron chi connectivity index (χ4n) is 3.38. The van der Waals surface area contributed by atoms with Crippen LogP contribution in [0.1, 0.15) is 46.5 Å². The minimum absolute atomic E-state index is 0.000583. The Morgan fingerprint density at radius 1 is 0.944 bits per heavy atom. The summed E-state index contributed by atoms with van der Waals surface area (Å²) in [5.41, 5.74) is 2.01. The molecule has 1 atom stereocenters. The van der Waals surface area contributed by atoms with E-state index in [-0.39, 0.29) is 34.2 Å². The van der Waals surface area contributed by atoms with Crippen molar-refractivity contribution in [1.82, 2.24) is 5.32 Å². The molecule has 0 aliphatic rings. The zero-order valence-electron chi connectivity index (χ0n) is 20.1. The number of carbonyl (C=O) groups excluding carboxylic acids is 2. The largest absolute Gasteiger partial charge is 0.350 e. The Balaban J connectivity index is 1.78. The van der Waals surface area contributed by atoms with Crippen molar-refractivity contribution in [3.05, 3.63) is 93.5 Å². The molecule has 0 saturated carbocycles. The number of amides is 2. The lowest BCUT2D eigenvalue weighted by atomic mass is 10.1. The van der Waals surface area contributed by atoms with Crippen LogP contribution in [-0.2, 0) is 16.6 Å². The molecular weight excluding hydrogens is 521 g/mol. The molecule has 0 aliphatic carbocycles. The number of sulfonamides is 1. The van der Waals surface area contributed by atoms with Gasteiger partial charge in [0.1, 0.15) is 0 Å². The van der Waals surface area contributed by atoms with Crippen LogP contribution in [0.25, 0.3) is 0 Å². The molecule has 2 amide bonds. The van der Waals surface area contributed by atoms with Gasteiger partial charge in [0.15, 0.2) is 0 Å². The van der Waals surface area contributed by atoms with Gasteiger partial charge in [0, 0.05) is 11.6 Å². The second-order valence-electron chi connectivity index (χ2n) is 8.32. The summed E-state index contributed by atoms with van der Waals surface area (Å²) in [6.07, 6.45) is 1.87. The van der Waals surface area contributed by atoms with E-state index in [2.05, 4.69) is 10.6 Å². The van der Waals surface area contributed by atoms with Crippen molar-refractivity contribution in [2.75, 3.05) is 15.9 Å². The lowest BCUT2D eigenvalue weighted by molar-refractivity contribution is 0.0940. The molecular formula is C26H27Cl2N3O4S. The van der Waals surface area contributed by atoms with Crippen molar-refractivity contribution < 1.29 is 18.0 Å². The Labute approximate surface area is 221 Å². The monoisotopic (exact) mass is 547 g/mol. The van der Waals surface area contributed by atoms with E-state index >= 15 is 0 Å². The molecule has 36 heavy (non-hydrogen) atoms. The molecule has 0 fully saturated rings. The fraction of sp³-hybridized carbons (Fsp3) is 0.231. The highest BCUT2D eigenvalue weighted by Gasteiger charge is 2.22. The maximum Gasteiger partial charge on any atom is 0.255 e. The smallest absolute Gasteiger partial charge is 0.255 e. The van der Waals surface area contributed by atoms with Gasteiger partial charge < -0.3 is 10.6 Å². The second-order valence-corrected chi connectivity index (χ2v) is 11.0. The molecule has 0 spiro atoms. The molecule has 0 bridgehead atoms. The summed E-state index contributed by atoms with van der Waals surface area (Å²) in [7, 11) is -3.67.